The molecule has 1 N–H and O–H groups in total. The molecular weight excluding hydrogens is 288 g/mol. The third-order valence-electron chi connectivity index (χ3n) is 2.69. The van der Waals surface area contributed by atoms with Gasteiger partial charge < -0.3 is 5.32 Å². The van der Waals surface area contributed by atoms with Gasteiger partial charge in [-0.25, -0.2) is 4.68 Å². The van der Waals surface area contributed by atoms with Crippen LogP contribution in [-0.4, -0.2) is 41.6 Å². The normalized spacial score (nSPS) is 10.8. The summed E-state index contributed by atoms with van der Waals surface area (Å²) >= 11 is 1.43. The lowest BCUT2D eigenvalue weighted by atomic mass is 10.5. The molecule has 0 radical (unpaired) electrons. The summed E-state index contributed by atoms with van der Waals surface area (Å²) in [6.07, 6.45) is 3.47. The lowest BCUT2D eigenvalue weighted by Gasteiger charge is -2.06. The van der Waals surface area contributed by atoms with E-state index >= 15 is 0 Å². The van der Waals surface area contributed by atoms with Crippen LogP contribution in [-0.2, 0) is 7.05 Å². The molecule has 0 aliphatic rings. The van der Waals surface area contributed by atoms with Crippen LogP contribution in [0.2, 0.25) is 0 Å². The molecule has 3 heterocycles. The van der Waals surface area contributed by atoms with E-state index in [1.54, 1.807) is 28.8 Å². The largest absolute Gasteiger partial charge is 0.357 e. The monoisotopic (exact) mass is 302 g/mol. The van der Waals surface area contributed by atoms with Gasteiger partial charge in [-0.15, -0.1) is 0 Å². The van der Waals surface area contributed by atoms with Gasteiger partial charge in [0.25, 0.3) is 5.95 Å². The zero-order chi connectivity index (χ0) is 14.8. The van der Waals surface area contributed by atoms with Crippen LogP contribution in [0.1, 0.15) is 5.69 Å². The van der Waals surface area contributed by atoms with Crippen LogP contribution in [0.3, 0.4) is 0 Å². The van der Waals surface area contributed by atoms with Gasteiger partial charge in [-0.2, -0.15) is 25.1 Å². The Labute approximate surface area is 125 Å². The Morgan fingerprint density at radius 1 is 1.24 bits per heavy atom. The molecule has 0 aromatic carbocycles. The molecule has 21 heavy (non-hydrogen) atoms. The van der Waals surface area contributed by atoms with Crippen molar-refractivity contribution < 1.29 is 0 Å². The number of aromatic nitrogens is 7. The second-order valence-corrected chi connectivity index (χ2v) is 5.28. The highest BCUT2D eigenvalue weighted by molar-refractivity contribution is 7.99. The van der Waals surface area contributed by atoms with Gasteiger partial charge in [0.2, 0.25) is 11.1 Å². The van der Waals surface area contributed by atoms with Gasteiger partial charge in [-0.05, 0) is 30.8 Å². The van der Waals surface area contributed by atoms with Crippen molar-refractivity contribution in [3.63, 3.8) is 0 Å². The molecule has 8 nitrogen and oxygen atoms in total. The molecular formula is C12H14N8S. The van der Waals surface area contributed by atoms with E-state index in [9.17, 15) is 0 Å². The van der Waals surface area contributed by atoms with Crippen molar-refractivity contribution in [3.8, 4) is 5.95 Å². The summed E-state index contributed by atoms with van der Waals surface area (Å²) in [4.78, 5) is 13.1. The minimum atomic E-state index is 0.473. The van der Waals surface area contributed by atoms with Crippen molar-refractivity contribution in [2.45, 2.75) is 17.1 Å². The van der Waals surface area contributed by atoms with E-state index in [0.717, 1.165) is 10.7 Å². The van der Waals surface area contributed by atoms with Crippen molar-refractivity contribution in [2.75, 3.05) is 12.4 Å². The molecule has 3 rings (SSSR count). The van der Waals surface area contributed by atoms with E-state index in [2.05, 4.69) is 30.5 Å². The summed E-state index contributed by atoms with van der Waals surface area (Å²) in [5.41, 5.74) is 0.954. The first-order chi connectivity index (χ1) is 10.2. The molecule has 0 unspecified atom stereocenters. The molecule has 0 fully saturated rings. The van der Waals surface area contributed by atoms with Gasteiger partial charge in [0.1, 0.15) is 5.03 Å². The predicted molar refractivity (Wildman–Crippen MR) is 78.6 cm³/mol. The van der Waals surface area contributed by atoms with E-state index in [-0.39, 0.29) is 0 Å². The molecule has 0 spiro atoms. The number of aryl methyl sites for hydroxylation is 2. The maximum Gasteiger partial charge on any atom is 0.256 e. The highest BCUT2D eigenvalue weighted by Gasteiger charge is 2.11. The van der Waals surface area contributed by atoms with Crippen LogP contribution < -0.4 is 5.32 Å². The average Bonchev–Trinajstić information content (AvgIpc) is 3.09. The van der Waals surface area contributed by atoms with Crippen molar-refractivity contribution in [1.82, 2.24) is 34.5 Å². The first-order valence-electron chi connectivity index (χ1n) is 6.28. The van der Waals surface area contributed by atoms with Crippen molar-refractivity contribution in [1.29, 1.82) is 0 Å². The number of nitrogens with one attached hydrogen (secondary N) is 1. The van der Waals surface area contributed by atoms with Gasteiger partial charge in [0.05, 0.1) is 5.69 Å². The van der Waals surface area contributed by atoms with Gasteiger partial charge in [-0.3, -0.25) is 4.68 Å². The number of anilines is 1. The summed E-state index contributed by atoms with van der Waals surface area (Å²) in [6.45, 7) is 1.95. The highest BCUT2D eigenvalue weighted by Crippen LogP contribution is 2.25. The maximum absolute atomic E-state index is 4.43. The smallest absolute Gasteiger partial charge is 0.256 e. The Kier molecular flexibility index (Phi) is 3.57. The van der Waals surface area contributed by atoms with Crippen molar-refractivity contribution in [3.05, 3.63) is 30.2 Å². The van der Waals surface area contributed by atoms with Gasteiger partial charge in [0.15, 0.2) is 0 Å². The lowest BCUT2D eigenvalue weighted by molar-refractivity contribution is 0.690. The second-order valence-electron chi connectivity index (χ2n) is 4.29. The van der Waals surface area contributed by atoms with E-state index in [1.165, 1.54) is 11.8 Å². The molecule has 9 heteroatoms. The predicted octanol–water partition coefficient (Wildman–Crippen LogP) is 1.29. The Morgan fingerprint density at radius 3 is 2.71 bits per heavy atom. The molecule has 0 saturated heterocycles. The van der Waals surface area contributed by atoms with Gasteiger partial charge in [0, 0.05) is 26.5 Å². The van der Waals surface area contributed by atoms with E-state index in [0.29, 0.717) is 17.1 Å². The molecule has 0 aliphatic heterocycles. The van der Waals surface area contributed by atoms with Crippen LogP contribution in [0, 0.1) is 6.92 Å². The SMILES string of the molecule is CNc1nc(Sc2cc(C)nn2C)nc(-n2cccn2)n1. The molecule has 108 valence electrons. The zero-order valence-corrected chi connectivity index (χ0v) is 12.7. The fraction of sp³-hybridized carbons (Fsp3) is 0.250. The van der Waals surface area contributed by atoms with Crippen LogP contribution in [0.15, 0.2) is 34.7 Å². The highest BCUT2D eigenvalue weighted by atomic mass is 32.2. The van der Waals surface area contributed by atoms with Crippen LogP contribution in [0.5, 0.6) is 0 Å². The number of hydrogen-bond acceptors (Lipinski definition) is 7. The van der Waals surface area contributed by atoms with Crippen molar-refractivity contribution in [2.24, 2.45) is 7.05 Å². The Hall–Kier alpha value is -2.42. The lowest BCUT2D eigenvalue weighted by Crippen LogP contribution is -2.08. The number of nitrogens with zero attached hydrogens (tertiary/aromatic N) is 7. The number of rotatable bonds is 4. The van der Waals surface area contributed by atoms with Crippen LogP contribution >= 0.6 is 11.8 Å². The summed E-state index contributed by atoms with van der Waals surface area (Å²) in [7, 11) is 3.66. The zero-order valence-electron chi connectivity index (χ0n) is 11.8. The molecule has 0 amide bonds. The molecule has 3 aromatic heterocycles. The van der Waals surface area contributed by atoms with E-state index in [1.807, 2.05) is 26.1 Å². The molecule has 3 aromatic rings. The summed E-state index contributed by atoms with van der Waals surface area (Å²) in [5.74, 6) is 0.970. The number of hydrogen-bond donors (Lipinski definition) is 1. The first kappa shape index (κ1) is 13.6. The Morgan fingerprint density at radius 2 is 2.10 bits per heavy atom. The van der Waals surface area contributed by atoms with Crippen LogP contribution in [0.4, 0.5) is 5.95 Å². The standard InChI is InChI=1S/C12H14N8S/c1-8-7-9(19(3)18-8)21-12-16-10(13-2)15-11(17-12)20-6-4-5-14-20/h4-7H,1-3H3,(H,13,15,16,17). The van der Waals surface area contributed by atoms with Crippen LogP contribution in [0.25, 0.3) is 5.95 Å². The van der Waals surface area contributed by atoms with Crippen molar-refractivity contribution >= 4 is 17.7 Å². The maximum atomic E-state index is 4.43. The third-order valence-corrected chi connectivity index (χ3v) is 3.65. The summed E-state index contributed by atoms with van der Waals surface area (Å²) in [5, 5.41) is 12.9. The van der Waals surface area contributed by atoms with E-state index < -0.39 is 0 Å². The first-order valence-corrected chi connectivity index (χ1v) is 7.09. The minimum absolute atomic E-state index is 0.473. The fourth-order valence-corrected chi connectivity index (χ4v) is 2.62. The minimum Gasteiger partial charge on any atom is -0.357 e. The summed E-state index contributed by atoms with van der Waals surface area (Å²) < 4.78 is 3.40. The quantitative estimate of drug-likeness (QED) is 0.777. The van der Waals surface area contributed by atoms with E-state index in [4.69, 9.17) is 0 Å². The Balaban J connectivity index is 1.98. The molecule has 0 bridgehead atoms. The van der Waals surface area contributed by atoms with Gasteiger partial charge >= 0.3 is 0 Å². The third kappa shape index (κ3) is 2.87. The molecule has 0 aliphatic carbocycles. The second kappa shape index (κ2) is 5.52. The average molecular weight is 302 g/mol. The summed E-state index contributed by atoms with van der Waals surface area (Å²) in [6, 6.07) is 3.81. The Bertz CT molecular complexity index is 749. The van der Waals surface area contributed by atoms with Gasteiger partial charge in [-0.1, -0.05) is 0 Å². The fourth-order valence-electron chi connectivity index (χ4n) is 1.77. The molecule has 0 atom stereocenters. The topological polar surface area (TPSA) is 86.3 Å². The molecule has 0 saturated carbocycles.